The molecule has 144 valence electrons. The molecular formula is C18H22F2N6S. The average molecular weight is 392 g/mol. The number of alkyl halides is 2. The van der Waals surface area contributed by atoms with Gasteiger partial charge in [0.15, 0.2) is 0 Å². The van der Waals surface area contributed by atoms with Crippen molar-refractivity contribution in [1.82, 2.24) is 15.5 Å². The third-order valence-electron chi connectivity index (χ3n) is 4.28. The van der Waals surface area contributed by atoms with Crippen LogP contribution in [0.15, 0.2) is 40.5 Å². The summed E-state index contributed by atoms with van der Waals surface area (Å²) in [6.45, 7) is 2.73. The fourth-order valence-electron chi connectivity index (χ4n) is 2.71. The maximum absolute atomic E-state index is 14.4. The number of aromatic amines is 1. The molecular weight excluding hydrogens is 370 g/mol. The number of nitrogens with two attached hydrogens (primary N) is 1. The van der Waals surface area contributed by atoms with Gasteiger partial charge in [-0.3, -0.25) is 10.1 Å². The minimum Gasteiger partial charge on any atom is -0.387 e. The summed E-state index contributed by atoms with van der Waals surface area (Å²) in [5.74, 6) is -2.55. The minimum atomic E-state index is -2.98. The Hall–Kier alpha value is -2.39. The predicted molar refractivity (Wildman–Crippen MR) is 106 cm³/mol. The van der Waals surface area contributed by atoms with Gasteiger partial charge < -0.3 is 11.1 Å². The molecule has 0 amide bonds. The molecule has 9 heteroatoms. The van der Waals surface area contributed by atoms with Gasteiger partial charge >= 0.3 is 0 Å². The molecule has 0 fully saturated rings. The topological polar surface area (TPSA) is 91.4 Å². The molecule has 1 aliphatic rings. The highest BCUT2D eigenvalue weighted by Gasteiger charge is 2.37. The van der Waals surface area contributed by atoms with E-state index in [1.54, 1.807) is 18.3 Å². The number of nitrogens with one attached hydrogen (secondary N) is 2. The van der Waals surface area contributed by atoms with E-state index in [9.17, 15) is 8.78 Å². The first-order chi connectivity index (χ1) is 12.9. The molecule has 1 aliphatic heterocycles. The molecule has 0 saturated heterocycles. The highest BCUT2D eigenvalue weighted by molar-refractivity contribution is 7.16. The highest BCUT2D eigenvalue weighted by atomic mass is 32.1. The van der Waals surface area contributed by atoms with Crippen LogP contribution in [0.3, 0.4) is 0 Å². The van der Waals surface area contributed by atoms with E-state index < -0.39 is 18.5 Å². The Labute approximate surface area is 160 Å². The summed E-state index contributed by atoms with van der Waals surface area (Å²) in [6.07, 6.45) is 6.83. The van der Waals surface area contributed by atoms with Gasteiger partial charge in [0.1, 0.15) is 11.9 Å². The first-order valence-corrected chi connectivity index (χ1v) is 9.44. The molecule has 0 spiro atoms. The van der Waals surface area contributed by atoms with Crippen LogP contribution >= 0.6 is 11.3 Å². The highest BCUT2D eigenvalue weighted by Crippen LogP contribution is 2.42. The van der Waals surface area contributed by atoms with Crippen molar-refractivity contribution in [3.05, 3.63) is 35.4 Å². The number of aromatic nitrogens is 2. The molecule has 4 N–H and O–H groups in total. The standard InChI is InChI=1S/C18H22F2N6S/c1-3-4-6-22-11(2)18(19,20)10-23-13-9-16(21)25-14-8-15(27-17(13)14)12-5-7-24-26-12/h3-8,11,13,23H,9-10H2,1-2H3,(H2,21,25)(H,24,26)/b4-3-,22-6?. The zero-order chi connectivity index (χ0) is 19.4. The third-order valence-corrected chi connectivity index (χ3v) is 5.55. The largest absolute Gasteiger partial charge is 0.387 e. The lowest BCUT2D eigenvalue weighted by Gasteiger charge is -2.26. The molecule has 3 rings (SSSR count). The Morgan fingerprint density at radius 3 is 3.07 bits per heavy atom. The Morgan fingerprint density at radius 2 is 2.37 bits per heavy atom. The van der Waals surface area contributed by atoms with E-state index in [1.165, 1.54) is 24.5 Å². The van der Waals surface area contributed by atoms with Crippen molar-refractivity contribution < 1.29 is 8.78 Å². The normalized spacial score (nSPS) is 18.8. The van der Waals surface area contributed by atoms with Crippen molar-refractivity contribution >= 4 is 29.1 Å². The maximum atomic E-state index is 14.4. The number of hydrogen-bond donors (Lipinski definition) is 3. The van der Waals surface area contributed by atoms with Crippen LogP contribution in [0.1, 0.15) is 31.2 Å². The molecule has 27 heavy (non-hydrogen) atoms. The van der Waals surface area contributed by atoms with E-state index in [0.29, 0.717) is 17.9 Å². The fraction of sp³-hybridized carbons (Fsp3) is 0.389. The van der Waals surface area contributed by atoms with Crippen LogP contribution < -0.4 is 11.1 Å². The van der Waals surface area contributed by atoms with E-state index in [4.69, 9.17) is 5.73 Å². The molecule has 0 radical (unpaired) electrons. The molecule has 2 aromatic heterocycles. The van der Waals surface area contributed by atoms with Crippen LogP contribution in [-0.4, -0.2) is 40.8 Å². The molecule has 0 bridgehead atoms. The van der Waals surface area contributed by atoms with Crippen molar-refractivity contribution in [2.24, 2.45) is 15.7 Å². The molecule has 0 aromatic carbocycles. The molecule has 2 unspecified atom stereocenters. The number of rotatable bonds is 7. The maximum Gasteiger partial charge on any atom is 0.281 e. The first-order valence-electron chi connectivity index (χ1n) is 8.63. The van der Waals surface area contributed by atoms with Crippen molar-refractivity contribution in [2.75, 3.05) is 6.54 Å². The van der Waals surface area contributed by atoms with Crippen molar-refractivity contribution in [3.8, 4) is 10.6 Å². The molecule has 2 aromatic rings. The Balaban J connectivity index is 1.74. The van der Waals surface area contributed by atoms with E-state index in [1.807, 2.05) is 19.1 Å². The van der Waals surface area contributed by atoms with Crippen LogP contribution in [0.5, 0.6) is 0 Å². The Morgan fingerprint density at radius 1 is 1.56 bits per heavy atom. The summed E-state index contributed by atoms with van der Waals surface area (Å²) in [7, 11) is 0. The van der Waals surface area contributed by atoms with Gasteiger partial charge in [0, 0.05) is 23.7 Å². The van der Waals surface area contributed by atoms with Gasteiger partial charge in [0.05, 0.1) is 28.8 Å². The second-order valence-electron chi connectivity index (χ2n) is 6.33. The number of aliphatic imine (C=N–C) groups is 2. The Kier molecular flexibility index (Phi) is 5.81. The van der Waals surface area contributed by atoms with Crippen molar-refractivity contribution in [3.63, 3.8) is 0 Å². The summed E-state index contributed by atoms with van der Waals surface area (Å²) in [5.41, 5.74) is 7.50. The second kappa shape index (κ2) is 8.10. The molecule has 0 saturated carbocycles. The van der Waals surface area contributed by atoms with Gasteiger partial charge in [-0.25, -0.2) is 13.8 Å². The van der Waals surface area contributed by atoms with Crippen LogP contribution in [0.25, 0.3) is 10.6 Å². The van der Waals surface area contributed by atoms with Gasteiger partial charge in [0.25, 0.3) is 5.92 Å². The summed E-state index contributed by atoms with van der Waals surface area (Å²) < 4.78 is 28.9. The second-order valence-corrected chi connectivity index (χ2v) is 7.42. The van der Waals surface area contributed by atoms with Gasteiger partial charge in [-0.1, -0.05) is 6.08 Å². The third kappa shape index (κ3) is 4.48. The number of thiophene rings is 1. The monoisotopic (exact) mass is 392 g/mol. The summed E-state index contributed by atoms with van der Waals surface area (Å²) in [5, 5.41) is 9.81. The lowest BCUT2D eigenvalue weighted by Crippen LogP contribution is -2.43. The molecule has 2 atom stereocenters. The van der Waals surface area contributed by atoms with Gasteiger partial charge in [-0.05, 0) is 32.1 Å². The summed E-state index contributed by atoms with van der Waals surface area (Å²) >= 11 is 1.50. The van der Waals surface area contributed by atoms with E-state index in [0.717, 1.165) is 15.4 Å². The number of halogens is 2. The molecule has 6 nitrogen and oxygen atoms in total. The molecule has 3 heterocycles. The van der Waals surface area contributed by atoms with Gasteiger partial charge in [0.2, 0.25) is 0 Å². The smallest absolute Gasteiger partial charge is 0.281 e. The number of hydrogen-bond acceptors (Lipinski definition) is 6. The number of amidine groups is 1. The lowest BCUT2D eigenvalue weighted by molar-refractivity contribution is -0.0193. The first kappa shape index (κ1) is 19.4. The van der Waals surface area contributed by atoms with Crippen LogP contribution in [0.2, 0.25) is 0 Å². The van der Waals surface area contributed by atoms with E-state index in [-0.39, 0.29) is 6.04 Å². The number of nitrogens with zero attached hydrogens (tertiary/aromatic N) is 3. The van der Waals surface area contributed by atoms with Crippen LogP contribution in [0, 0.1) is 0 Å². The van der Waals surface area contributed by atoms with Gasteiger partial charge in [-0.2, -0.15) is 5.10 Å². The summed E-state index contributed by atoms with van der Waals surface area (Å²) in [6, 6.07) is 2.32. The van der Waals surface area contributed by atoms with Gasteiger partial charge in [-0.15, -0.1) is 11.3 Å². The number of H-pyrrole nitrogens is 1. The van der Waals surface area contributed by atoms with Crippen molar-refractivity contribution in [1.29, 1.82) is 0 Å². The SMILES string of the molecule is C/C=C\C=NC(C)C(F)(F)CNC1CC(N)=Nc2cc(-c3ccn[nH]3)sc21. The Bertz CT molecular complexity index is 853. The van der Waals surface area contributed by atoms with Crippen LogP contribution in [-0.2, 0) is 0 Å². The van der Waals surface area contributed by atoms with Crippen molar-refractivity contribution in [2.45, 2.75) is 38.3 Å². The fourth-order valence-corrected chi connectivity index (χ4v) is 3.86. The zero-order valence-corrected chi connectivity index (χ0v) is 15.9. The average Bonchev–Trinajstić information content (AvgIpc) is 3.28. The van der Waals surface area contributed by atoms with Crippen LogP contribution in [0.4, 0.5) is 14.5 Å². The zero-order valence-electron chi connectivity index (χ0n) is 15.1. The van der Waals surface area contributed by atoms with E-state index >= 15 is 0 Å². The quantitative estimate of drug-likeness (QED) is 0.625. The summed E-state index contributed by atoms with van der Waals surface area (Å²) in [4.78, 5) is 10.1. The number of fused-ring (bicyclic) bond motifs is 1. The molecule has 0 aliphatic carbocycles. The lowest BCUT2D eigenvalue weighted by atomic mass is 10.1. The minimum absolute atomic E-state index is 0.309. The predicted octanol–water partition coefficient (Wildman–Crippen LogP) is 3.83. The number of allylic oxidation sites excluding steroid dienone is 2. The van der Waals surface area contributed by atoms with E-state index in [2.05, 4.69) is 25.5 Å².